The summed E-state index contributed by atoms with van der Waals surface area (Å²) >= 11 is 0. The van der Waals surface area contributed by atoms with Crippen molar-refractivity contribution in [3.8, 4) is 5.75 Å². The molecule has 0 aliphatic carbocycles. The number of aliphatic carboxylic acids is 1. The van der Waals surface area contributed by atoms with Gasteiger partial charge in [0.1, 0.15) is 0 Å². The van der Waals surface area contributed by atoms with E-state index in [1.54, 1.807) is 19.1 Å². The van der Waals surface area contributed by atoms with Gasteiger partial charge in [0.05, 0.1) is 17.9 Å². The molecule has 0 fully saturated rings. The summed E-state index contributed by atoms with van der Waals surface area (Å²) in [4.78, 5) is 39.4. The van der Waals surface area contributed by atoms with E-state index in [9.17, 15) is 14.4 Å². The lowest BCUT2D eigenvalue weighted by molar-refractivity contribution is -0.137. The van der Waals surface area contributed by atoms with Crippen LogP contribution in [0.15, 0.2) is 12.1 Å². The third kappa shape index (κ3) is 2.64. The van der Waals surface area contributed by atoms with Crippen LogP contribution in [-0.2, 0) is 9.59 Å². The average Bonchev–Trinajstić information content (AvgIpc) is 2.40. The molecule has 1 aliphatic rings. The smallest absolute Gasteiger partial charge is 0.303 e. The molecule has 0 radical (unpaired) electrons. The number of carbonyl (C=O) groups is 3. The van der Waals surface area contributed by atoms with E-state index < -0.39 is 11.9 Å². The van der Waals surface area contributed by atoms with Crippen LogP contribution in [0.1, 0.15) is 47.2 Å². The summed E-state index contributed by atoms with van der Waals surface area (Å²) in [5.41, 5.74) is 4.05. The van der Waals surface area contributed by atoms with Gasteiger partial charge < -0.3 is 9.94 Å². The van der Waals surface area contributed by atoms with Crippen LogP contribution < -0.4 is 10.3 Å². The number of Topliss-reactive ketones (excluding diaryl/α,β-unsaturated/α-hetero) is 1. The van der Waals surface area contributed by atoms with Crippen molar-refractivity contribution in [2.45, 2.75) is 32.6 Å². The number of rotatable bonds is 4. The van der Waals surface area contributed by atoms with Crippen molar-refractivity contribution in [3.05, 3.63) is 28.8 Å². The lowest BCUT2D eigenvalue weighted by atomic mass is 9.91. The molecule has 6 nitrogen and oxygen atoms in total. The van der Waals surface area contributed by atoms with Gasteiger partial charge in [-0.05, 0) is 25.5 Å². The van der Waals surface area contributed by atoms with Gasteiger partial charge in [0.2, 0.25) is 0 Å². The van der Waals surface area contributed by atoms with Gasteiger partial charge >= 0.3 is 5.97 Å². The molecular formula is C14H15NO5. The highest BCUT2D eigenvalue weighted by atomic mass is 16.7. The summed E-state index contributed by atoms with van der Waals surface area (Å²) in [6.45, 7) is 3.54. The quantitative estimate of drug-likeness (QED) is 0.815. The second-order valence-corrected chi connectivity index (χ2v) is 4.84. The maximum atomic E-state index is 12.1. The van der Waals surface area contributed by atoms with Gasteiger partial charge in [-0.1, -0.05) is 6.07 Å². The zero-order valence-corrected chi connectivity index (χ0v) is 11.2. The van der Waals surface area contributed by atoms with Crippen molar-refractivity contribution < 1.29 is 24.3 Å². The molecule has 0 saturated heterocycles. The predicted octanol–water partition coefficient (Wildman–Crippen LogP) is 1.57. The molecule has 1 aromatic carbocycles. The van der Waals surface area contributed by atoms with Crippen LogP contribution in [0.3, 0.4) is 0 Å². The largest absolute Gasteiger partial charge is 0.481 e. The zero-order valence-electron chi connectivity index (χ0n) is 11.2. The van der Waals surface area contributed by atoms with E-state index in [-0.39, 0.29) is 24.5 Å². The van der Waals surface area contributed by atoms with E-state index in [0.717, 1.165) is 5.56 Å². The fourth-order valence-corrected chi connectivity index (χ4v) is 2.13. The molecule has 2 N–H and O–H groups in total. The summed E-state index contributed by atoms with van der Waals surface area (Å²) < 4.78 is 0. The topological polar surface area (TPSA) is 92.7 Å². The summed E-state index contributed by atoms with van der Waals surface area (Å²) in [5.74, 6) is -1.70. The molecular weight excluding hydrogens is 262 g/mol. The Hall–Kier alpha value is -2.37. The number of hydrogen-bond acceptors (Lipinski definition) is 4. The molecule has 1 unspecified atom stereocenters. The molecule has 20 heavy (non-hydrogen) atoms. The van der Waals surface area contributed by atoms with Crippen LogP contribution in [0, 0.1) is 6.92 Å². The van der Waals surface area contributed by atoms with E-state index in [1.165, 1.54) is 0 Å². The Morgan fingerprint density at radius 2 is 2.05 bits per heavy atom. The van der Waals surface area contributed by atoms with Crippen LogP contribution in [0.25, 0.3) is 0 Å². The number of aryl methyl sites for hydroxylation is 1. The summed E-state index contributed by atoms with van der Waals surface area (Å²) in [6, 6.07) is 3.44. The van der Waals surface area contributed by atoms with Crippen molar-refractivity contribution >= 4 is 17.7 Å². The van der Waals surface area contributed by atoms with E-state index in [2.05, 4.69) is 5.48 Å². The van der Waals surface area contributed by atoms with Gasteiger partial charge in [-0.3, -0.25) is 14.4 Å². The minimum Gasteiger partial charge on any atom is -0.481 e. The summed E-state index contributed by atoms with van der Waals surface area (Å²) in [7, 11) is 0. The molecule has 106 valence electrons. The van der Waals surface area contributed by atoms with Gasteiger partial charge in [0, 0.05) is 12.0 Å². The SMILES string of the molecule is Cc1cc(C(=O)CCC(=O)O)c2c(c1)C(C)C(=O)NO2. The number of carbonyl (C=O) groups excluding carboxylic acids is 2. The van der Waals surface area contributed by atoms with Crippen LogP contribution in [0.2, 0.25) is 0 Å². The Balaban J connectivity index is 2.39. The summed E-state index contributed by atoms with van der Waals surface area (Å²) in [6.07, 6.45) is -0.333. The van der Waals surface area contributed by atoms with Gasteiger partial charge in [-0.15, -0.1) is 0 Å². The predicted molar refractivity (Wildman–Crippen MR) is 69.6 cm³/mol. The number of carboxylic acids is 1. The maximum absolute atomic E-state index is 12.1. The number of hydrogen-bond donors (Lipinski definition) is 2. The molecule has 1 amide bonds. The number of benzene rings is 1. The molecule has 0 aromatic heterocycles. The first-order valence-corrected chi connectivity index (χ1v) is 6.26. The highest BCUT2D eigenvalue weighted by Crippen LogP contribution is 2.35. The first kappa shape index (κ1) is 14.0. The molecule has 0 spiro atoms. The lowest BCUT2D eigenvalue weighted by Crippen LogP contribution is -2.36. The number of ketones is 1. The highest BCUT2D eigenvalue weighted by Gasteiger charge is 2.29. The molecule has 2 rings (SSSR count). The Kier molecular flexibility index (Phi) is 3.74. The van der Waals surface area contributed by atoms with Crippen molar-refractivity contribution in [1.82, 2.24) is 5.48 Å². The van der Waals surface area contributed by atoms with E-state index in [1.807, 2.05) is 6.92 Å². The van der Waals surface area contributed by atoms with Gasteiger partial charge in [-0.25, -0.2) is 0 Å². The van der Waals surface area contributed by atoms with Crippen molar-refractivity contribution in [3.63, 3.8) is 0 Å². The average molecular weight is 277 g/mol. The standard InChI is InChI=1S/C14H15NO5/c1-7-5-9-8(2)14(19)15-20-13(9)10(6-7)11(16)3-4-12(17)18/h5-6,8H,3-4H2,1-2H3,(H,15,19)(H,17,18). The third-order valence-corrected chi connectivity index (χ3v) is 3.24. The van der Waals surface area contributed by atoms with E-state index in [0.29, 0.717) is 16.9 Å². The zero-order chi connectivity index (χ0) is 14.9. The number of hydroxylamine groups is 1. The second-order valence-electron chi connectivity index (χ2n) is 4.84. The Morgan fingerprint density at radius 3 is 2.70 bits per heavy atom. The molecule has 0 bridgehead atoms. The Bertz CT molecular complexity index is 593. The summed E-state index contributed by atoms with van der Waals surface area (Å²) in [5, 5.41) is 8.64. The minimum atomic E-state index is -1.03. The minimum absolute atomic E-state index is 0.100. The van der Waals surface area contributed by atoms with Gasteiger partial charge in [0.25, 0.3) is 5.91 Å². The van der Waals surface area contributed by atoms with E-state index >= 15 is 0 Å². The Labute approximate surface area is 115 Å². The van der Waals surface area contributed by atoms with Gasteiger partial charge in [-0.2, -0.15) is 5.48 Å². The number of nitrogens with one attached hydrogen (secondary N) is 1. The van der Waals surface area contributed by atoms with Crippen LogP contribution in [-0.4, -0.2) is 22.8 Å². The fraction of sp³-hybridized carbons (Fsp3) is 0.357. The Morgan fingerprint density at radius 1 is 1.35 bits per heavy atom. The molecule has 6 heteroatoms. The van der Waals surface area contributed by atoms with Crippen LogP contribution >= 0.6 is 0 Å². The first-order valence-electron chi connectivity index (χ1n) is 6.26. The monoisotopic (exact) mass is 277 g/mol. The van der Waals surface area contributed by atoms with Crippen molar-refractivity contribution in [2.24, 2.45) is 0 Å². The molecule has 1 aromatic rings. The van der Waals surface area contributed by atoms with Crippen LogP contribution in [0.5, 0.6) is 5.75 Å². The second kappa shape index (κ2) is 5.32. The number of fused-ring (bicyclic) bond motifs is 1. The lowest BCUT2D eigenvalue weighted by Gasteiger charge is -2.24. The molecule has 1 atom stereocenters. The fourth-order valence-electron chi connectivity index (χ4n) is 2.13. The number of carboxylic acid groups (broad SMARTS) is 1. The highest BCUT2D eigenvalue weighted by molar-refractivity contribution is 6.01. The van der Waals surface area contributed by atoms with Crippen LogP contribution in [0.4, 0.5) is 0 Å². The number of amides is 1. The molecule has 1 heterocycles. The normalized spacial score (nSPS) is 16.9. The van der Waals surface area contributed by atoms with Crippen molar-refractivity contribution in [1.29, 1.82) is 0 Å². The van der Waals surface area contributed by atoms with Gasteiger partial charge in [0.15, 0.2) is 11.5 Å². The van der Waals surface area contributed by atoms with Crippen molar-refractivity contribution in [2.75, 3.05) is 0 Å². The first-order chi connectivity index (χ1) is 9.40. The maximum Gasteiger partial charge on any atom is 0.303 e. The molecule has 0 saturated carbocycles. The van der Waals surface area contributed by atoms with E-state index in [4.69, 9.17) is 9.94 Å². The third-order valence-electron chi connectivity index (χ3n) is 3.24. The molecule has 1 aliphatic heterocycles.